The van der Waals surface area contributed by atoms with Crippen LogP contribution >= 0.6 is 11.6 Å². The summed E-state index contributed by atoms with van der Waals surface area (Å²) in [5, 5.41) is 10.8. The highest BCUT2D eigenvalue weighted by molar-refractivity contribution is 6.30. The Kier molecular flexibility index (Phi) is 3.77. The summed E-state index contributed by atoms with van der Waals surface area (Å²) in [4.78, 5) is 11.3. The molecule has 22 heavy (non-hydrogen) atoms. The van der Waals surface area contributed by atoms with Crippen LogP contribution in [0.15, 0.2) is 48.7 Å². The first-order valence-corrected chi connectivity index (χ1v) is 7.12. The highest BCUT2D eigenvalue weighted by atomic mass is 35.5. The molecule has 4 nitrogen and oxygen atoms in total. The van der Waals surface area contributed by atoms with Gasteiger partial charge in [-0.2, -0.15) is 0 Å². The number of nitrogens with zero attached hydrogens (tertiary/aromatic N) is 1. The summed E-state index contributed by atoms with van der Waals surface area (Å²) in [6, 6.07) is 12.4. The maximum absolute atomic E-state index is 11.3. The van der Waals surface area contributed by atoms with Gasteiger partial charge in [0, 0.05) is 29.2 Å². The molecule has 1 N–H and O–H groups in total. The summed E-state index contributed by atoms with van der Waals surface area (Å²) in [5.41, 5.74) is 1.91. The molecule has 0 amide bonds. The number of carboxylic acid groups (broad SMARTS) is 1. The third-order valence-electron chi connectivity index (χ3n) is 3.50. The van der Waals surface area contributed by atoms with E-state index in [9.17, 15) is 9.90 Å². The molecule has 5 heteroatoms. The number of hydrogen-bond acceptors (Lipinski definition) is 2. The van der Waals surface area contributed by atoms with Crippen LogP contribution in [-0.2, 0) is 13.7 Å². The van der Waals surface area contributed by atoms with Gasteiger partial charge < -0.3 is 14.4 Å². The van der Waals surface area contributed by atoms with Crippen molar-refractivity contribution in [2.24, 2.45) is 7.05 Å². The Morgan fingerprint density at radius 2 is 2.05 bits per heavy atom. The van der Waals surface area contributed by atoms with Crippen LogP contribution < -0.4 is 4.74 Å². The number of rotatable bonds is 4. The number of hydrogen-bond donors (Lipinski definition) is 1. The number of para-hydroxylation sites is 1. The molecule has 0 spiro atoms. The first kappa shape index (κ1) is 14.5. The van der Waals surface area contributed by atoms with E-state index in [0.29, 0.717) is 22.9 Å². The molecule has 1 heterocycles. The van der Waals surface area contributed by atoms with Crippen LogP contribution in [0.1, 0.15) is 15.9 Å². The van der Waals surface area contributed by atoms with Gasteiger partial charge in [0.1, 0.15) is 12.4 Å². The predicted molar refractivity (Wildman–Crippen MR) is 85.7 cm³/mol. The van der Waals surface area contributed by atoms with Crippen molar-refractivity contribution in [1.82, 2.24) is 4.57 Å². The maximum Gasteiger partial charge on any atom is 0.337 e. The number of carboxylic acids is 1. The van der Waals surface area contributed by atoms with Crippen LogP contribution in [0.4, 0.5) is 0 Å². The van der Waals surface area contributed by atoms with Gasteiger partial charge in [0.05, 0.1) is 11.1 Å². The van der Waals surface area contributed by atoms with Gasteiger partial charge in [0.25, 0.3) is 0 Å². The predicted octanol–water partition coefficient (Wildman–Crippen LogP) is 4.11. The number of aryl methyl sites for hydroxylation is 1. The number of aromatic carboxylic acids is 1. The highest BCUT2D eigenvalue weighted by Gasteiger charge is 2.14. The van der Waals surface area contributed by atoms with Crippen LogP contribution in [0, 0.1) is 0 Å². The molecule has 0 aliphatic rings. The van der Waals surface area contributed by atoms with Gasteiger partial charge in [-0.05, 0) is 24.3 Å². The first-order chi connectivity index (χ1) is 10.6. The van der Waals surface area contributed by atoms with Crippen molar-refractivity contribution in [2.45, 2.75) is 6.61 Å². The molecule has 3 aromatic rings. The molecule has 0 radical (unpaired) electrons. The zero-order valence-corrected chi connectivity index (χ0v) is 12.7. The third kappa shape index (κ3) is 2.65. The van der Waals surface area contributed by atoms with Crippen LogP contribution in [-0.4, -0.2) is 15.6 Å². The Labute approximate surface area is 132 Å². The van der Waals surface area contributed by atoms with Gasteiger partial charge in [0.2, 0.25) is 0 Å². The second kappa shape index (κ2) is 5.73. The average molecular weight is 316 g/mol. The SMILES string of the molecule is Cn1cc(COc2cccc(Cl)c2)c2cccc(C(=O)O)c21. The largest absolute Gasteiger partial charge is 0.489 e. The summed E-state index contributed by atoms with van der Waals surface area (Å²) in [6.45, 7) is 0.348. The lowest BCUT2D eigenvalue weighted by Crippen LogP contribution is -1.99. The van der Waals surface area contributed by atoms with E-state index in [4.69, 9.17) is 16.3 Å². The van der Waals surface area contributed by atoms with E-state index in [1.807, 2.05) is 36.0 Å². The highest BCUT2D eigenvalue weighted by Crippen LogP contribution is 2.26. The van der Waals surface area contributed by atoms with Crippen molar-refractivity contribution in [3.05, 3.63) is 64.8 Å². The average Bonchev–Trinajstić information content (AvgIpc) is 2.82. The minimum atomic E-state index is -0.936. The molecule has 0 bridgehead atoms. The third-order valence-corrected chi connectivity index (χ3v) is 3.74. The minimum Gasteiger partial charge on any atom is -0.489 e. The molecule has 2 aromatic carbocycles. The molecule has 0 fully saturated rings. The van der Waals surface area contributed by atoms with Crippen LogP contribution in [0.25, 0.3) is 10.9 Å². The molecule has 0 saturated heterocycles. The Morgan fingerprint density at radius 3 is 2.77 bits per heavy atom. The van der Waals surface area contributed by atoms with E-state index < -0.39 is 5.97 Å². The molecule has 1 aromatic heterocycles. The number of aromatic nitrogens is 1. The smallest absolute Gasteiger partial charge is 0.337 e. The number of halogens is 1. The summed E-state index contributed by atoms with van der Waals surface area (Å²) >= 11 is 5.93. The van der Waals surface area contributed by atoms with Gasteiger partial charge in [0.15, 0.2) is 0 Å². The molecule has 112 valence electrons. The van der Waals surface area contributed by atoms with Crippen LogP contribution in [0.3, 0.4) is 0 Å². The minimum absolute atomic E-state index is 0.286. The van der Waals surface area contributed by atoms with Crippen molar-refractivity contribution in [3.63, 3.8) is 0 Å². The normalized spacial score (nSPS) is 10.8. The zero-order chi connectivity index (χ0) is 15.7. The molecule has 0 atom stereocenters. The lowest BCUT2D eigenvalue weighted by Gasteiger charge is -2.05. The quantitative estimate of drug-likeness (QED) is 0.788. The molecule has 0 aliphatic carbocycles. The van der Waals surface area contributed by atoms with E-state index in [2.05, 4.69) is 0 Å². The van der Waals surface area contributed by atoms with Gasteiger partial charge in [-0.25, -0.2) is 4.79 Å². The summed E-state index contributed by atoms with van der Waals surface area (Å²) in [7, 11) is 1.83. The molecule has 3 rings (SSSR count). The van der Waals surface area contributed by atoms with Crippen molar-refractivity contribution >= 4 is 28.5 Å². The second-order valence-corrected chi connectivity index (χ2v) is 5.45. The van der Waals surface area contributed by atoms with E-state index in [-0.39, 0.29) is 5.56 Å². The van der Waals surface area contributed by atoms with Gasteiger partial charge >= 0.3 is 5.97 Å². The zero-order valence-electron chi connectivity index (χ0n) is 11.9. The monoisotopic (exact) mass is 315 g/mol. The Hall–Kier alpha value is -2.46. The Bertz CT molecular complexity index is 854. The first-order valence-electron chi connectivity index (χ1n) is 6.75. The molecule has 0 saturated carbocycles. The maximum atomic E-state index is 11.3. The van der Waals surface area contributed by atoms with E-state index in [1.165, 1.54) is 0 Å². The molecule has 0 aliphatic heterocycles. The van der Waals surface area contributed by atoms with E-state index in [1.54, 1.807) is 24.3 Å². The second-order valence-electron chi connectivity index (χ2n) is 5.02. The number of benzene rings is 2. The van der Waals surface area contributed by atoms with Crippen molar-refractivity contribution in [2.75, 3.05) is 0 Å². The fourth-order valence-electron chi connectivity index (χ4n) is 2.56. The molecule has 0 unspecified atom stereocenters. The van der Waals surface area contributed by atoms with Crippen molar-refractivity contribution in [1.29, 1.82) is 0 Å². The molecular formula is C17H14ClNO3. The lowest BCUT2D eigenvalue weighted by molar-refractivity contribution is 0.0698. The van der Waals surface area contributed by atoms with Gasteiger partial charge in [-0.3, -0.25) is 0 Å². The standard InChI is InChI=1S/C17H14ClNO3/c1-19-9-11(10-22-13-5-2-4-12(18)8-13)14-6-3-7-15(16(14)19)17(20)21/h2-9H,10H2,1H3,(H,20,21). The summed E-state index contributed by atoms with van der Waals surface area (Å²) in [5.74, 6) is -0.256. The molecular weight excluding hydrogens is 302 g/mol. The summed E-state index contributed by atoms with van der Waals surface area (Å²) < 4.78 is 7.56. The van der Waals surface area contributed by atoms with E-state index in [0.717, 1.165) is 10.9 Å². The van der Waals surface area contributed by atoms with Crippen LogP contribution in [0.2, 0.25) is 5.02 Å². The van der Waals surface area contributed by atoms with Crippen LogP contribution in [0.5, 0.6) is 5.75 Å². The summed E-state index contributed by atoms with van der Waals surface area (Å²) in [6.07, 6.45) is 1.89. The topological polar surface area (TPSA) is 51.5 Å². The van der Waals surface area contributed by atoms with E-state index >= 15 is 0 Å². The number of ether oxygens (including phenoxy) is 1. The fraction of sp³-hybridized carbons (Fsp3) is 0.118. The van der Waals surface area contributed by atoms with Crippen molar-refractivity contribution < 1.29 is 14.6 Å². The lowest BCUT2D eigenvalue weighted by atomic mass is 10.1. The fourth-order valence-corrected chi connectivity index (χ4v) is 2.74. The Balaban J connectivity index is 1.95. The van der Waals surface area contributed by atoms with Gasteiger partial charge in [-0.1, -0.05) is 29.8 Å². The number of carbonyl (C=O) groups is 1. The van der Waals surface area contributed by atoms with Gasteiger partial charge in [-0.15, -0.1) is 0 Å². The number of fused-ring (bicyclic) bond motifs is 1. The van der Waals surface area contributed by atoms with Crippen molar-refractivity contribution in [3.8, 4) is 5.75 Å². The Morgan fingerprint density at radius 1 is 1.27 bits per heavy atom.